The molecule has 0 saturated carbocycles. The van der Waals surface area contributed by atoms with Crippen molar-refractivity contribution in [1.82, 2.24) is 0 Å². The molecule has 0 N–H and O–H groups in total. The van der Waals surface area contributed by atoms with Gasteiger partial charge in [-0.2, -0.15) is 52.7 Å². The molecule has 0 aliphatic rings. The summed E-state index contributed by atoms with van der Waals surface area (Å²) in [5, 5.41) is 0. The molecule has 126 valence electrons. The van der Waals surface area contributed by atoms with Crippen molar-refractivity contribution in [3.63, 3.8) is 0 Å². The second-order valence-corrected chi connectivity index (χ2v) is 3.29. The van der Waals surface area contributed by atoms with Crippen molar-refractivity contribution >= 4 is 7.69 Å². The van der Waals surface area contributed by atoms with Crippen LogP contribution in [0.3, 0.4) is 0 Å². The Bertz CT molecular complexity index is 267. The first-order valence-corrected chi connectivity index (χ1v) is 4.37. The van der Waals surface area contributed by atoms with Gasteiger partial charge < -0.3 is 9.31 Å². The lowest BCUT2D eigenvalue weighted by molar-refractivity contribution is -0.315. The van der Waals surface area contributed by atoms with Crippen LogP contribution in [0, 0.1) is 0 Å². The minimum absolute atomic E-state index is 1.29. The van der Waals surface area contributed by atoms with E-state index < -0.39 is 44.6 Å². The Labute approximate surface area is 108 Å². The van der Waals surface area contributed by atoms with Gasteiger partial charge in [-0.1, -0.05) is 0 Å². The first-order valence-electron chi connectivity index (χ1n) is 4.37. The van der Waals surface area contributed by atoms with Crippen molar-refractivity contribution < 1.29 is 62.0 Å². The van der Waals surface area contributed by atoms with E-state index in [4.69, 9.17) is 0 Å². The lowest BCUT2D eigenvalue weighted by atomic mass is 10.2. The predicted molar refractivity (Wildman–Crippen MR) is 39.7 cm³/mol. The molecule has 0 unspecified atom stereocenters. The Morgan fingerprint density at radius 3 is 0.810 bits per heavy atom. The van der Waals surface area contributed by atoms with Crippen LogP contribution in [0.15, 0.2) is 0 Å². The van der Waals surface area contributed by atoms with E-state index in [-0.39, 0.29) is 0 Å². The SMILES string of the molecule is FC(F)(F)C(O[B-]OC(C(F)(F)F)C(F)(F)F)C(F)(F)F. The molecule has 0 aliphatic heterocycles. The first-order chi connectivity index (χ1) is 8.97. The van der Waals surface area contributed by atoms with Crippen LogP contribution in [0.25, 0.3) is 0 Å². The van der Waals surface area contributed by atoms with Gasteiger partial charge in [0.2, 0.25) is 12.2 Å². The van der Waals surface area contributed by atoms with Gasteiger partial charge in [0.1, 0.15) is 0 Å². The topological polar surface area (TPSA) is 18.5 Å². The predicted octanol–water partition coefficient (Wildman–Crippen LogP) is 3.54. The van der Waals surface area contributed by atoms with Gasteiger partial charge in [0.25, 0.3) is 0 Å². The summed E-state index contributed by atoms with van der Waals surface area (Å²) in [6.07, 6.45) is -33.7. The fraction of sp³-hybridized carbons (Fsp3) is 1.00. The Balaban J connectivity index is 4.84. The van der Waals surface area contributed by atoms with Gasteiger partial charge in [0.05, 0.1) is 0 Å². The maximum atomic E-state index is 11.8. The second kappa shape index (κ2) is 6.10. The molecule has 0 rings (SSSR count). The summed E-state index contributed by atoms with van der Waals surface area (Å²) >= 11 is 0. The van der Waals surface area contributed by atoms with Crippen LogP contribution in [0.2, 0.25) is 0 Å². The third-order valence-electron chi connectivity index (χ3n) is 1.57. The Morgan fingerprint density at radius 1 is 0.476 bits per heavy atom. The molecule has 0 fully saturated rings. The van der Waals surface area contributed by atoms with Gasteiger partial charge >= 0.3 is 24.7 Å². The summed E-state index contributed by atoms with van der Waals surface area (Å²) in [7, 11) is -1.29. The highest BCUT2D eigenvalue weighted by atomic mass is 19.4. The van der Waals surface area contributed by atoms with Crippen molar-refractivity contribution in [3.8, 4) is 0 Å². The molecule has 0 atom stereocenters. The van der Waals surface area contributed by atoms with Crippen molar-refractivity contribution in [2.75, 3.05) is 0 Å². The van der Waals surface area contributed by atoms with E-state index in [1.54, 1.807) is 0 Å². The van der Waals surface area contributed by atoms with Crippen molar-refractivity contribution in [1.29, 1.82) is 0 Å². The third-order valence-corrected chi connectivity index (χ3v) is 1.57. The van der Waals surface area contributed by atoms with Gasteiger partial charge in [0, 0.05) is 0 Å². The molecular formula is C6H2BF12O2-. The van der Waals surface area contributed by atoms with E-state index in [0.717, 1.165) is 0 Å². The lowest BCUT2D eigenvalue weighted by Crippen LogP contribution is -2.49. The molecule has 15 heteroatoms. The van der Waals surface area contributed by atoms with E-state index in [9.17, 15) is 52.7 Å². The summed E-state index contributed by atoms with van der Waals surface area (Å²) in [6, 6.07) is 0. The van der Waals surface area contributed by atoms with Crippen molar-refractivity contribution in [2.24, 2.45) is 0 Å². The zero-order valence-electron chi connectivity index (χ0n) is 9.08. The molecule has 0 aliphatic carbocycles. The molecule has 0 amide bonds. The maximum absolute atomic E-state index is 11.8. The first kappa shape index (κ1) is 20.1. The van der Waals surface area contributed by atoms with Gasteiger partial charge in [0.15, 0.2) is 0 Å². The number of rotatable bonds is 4. The summed E-state index contributed by atoms with van der Waals surface area (Å²) < 4.78 is 148. The Kier molecular flexibility index (Phi) is 5.85. The van der Waals surface area contributed by atoms with Crippen molar-refractivity contribution in [2.45, 2.75) is 36.9 Å². The molecular weight excluding hydrogens is 343 g/mol. The number of alkyl halides is 12. The Morgan fingerprint density at radius 2 is 0.667 bits per heavy atom. The number of halogens is 12. The molecule has 0 aromatic rings. The largest absolute Gasteiger partial charge is 0.611 e. The van der Waals surface area contributed by atoms with Gasteiger partial charge in [-0.3, -0.25) is 0 Å². The van der Waals surface area contributed by atoms with Gasteiger partial charge in [-0.25, -0.2) is 0 Å². The average Bonchev–Trinajstić information content (AvgIpc) is 2.07. The normalized spacial score (nSPS) is 15.1. The summed E-state index contributed by atoms with van der Waals surface area (Å²) in [5.74, 6) is 0. The zero-order chi connectivity index (χ0) is 17.3. The standard InChI is InChI=1S/C6H2BF12O2/c8-3(9,10)1(4(11,12)13)20-7-21-2(5(14,15)16)6(17,18)19/h1-2H/q-1. The highest BCUT2D eigenvalue weighted by Crippen LogP contribution is 2.37. The minimum atomic E-state index is -6.12. The molecule has 2 radical (unpaired) electrons. The molecule has 21 heavy (non-hydrogen) atoms. The van der Waals surface area contributed by atoms with E-state index in [1.165, 1.54) is 0 Å². The van der Waals surface area contributed by atoms with Crippen LogP contribution in [0.1, 0.15) is 0 Å². The summed E-state index contributed by atoms with van der Waals surface area (Å²) in [6.45, 7) is 0. The van der Waals surface area contributed by atoms with E-state index >= 15 is 0 Å². The summed E-state index contributed by atoms with van der Waals surface area (Å²) in [4.78, 5) is 0. The quantitative estimate of drug-likeness (QED) is 0.573. The zero-order valence-corrected chi connectivity index (χ0v) is 9.08. The smallest absolute Gasteiger partial charge is 0.419 e. The molecule has 0 bridgehead atoms. The molecule has 0 heterocycles. The van der Waals surface area contributed by atoms with Crippen LogP contribution < -0.4 is 0 Å². The van der Waals surface area contributed by atoms with Crippen LogP contribution in [0.5, 0.6) is 0 Å². The average molecular weight is 345 g/mol. The molecule has 0 saturated heterocycles. The van der Waals surface area contributed by atoms with Gasteiger partial charge in [-0.15, -0.1) is 0 Å². The highest BCUT2D eigenvalue weighted by Gasteiger charge is 2.57. The minimum Gasteiger partial charge on any atom is -0.611 e. The van der Waals surface area contributed by atoms with E-state index in [0.29, 0.717) is 0 Å². The van der Waals surface area contributed by atoms with E-state index in [2.05, 4.69) is 9.31 Å². The Hall–Kier alpha value is -0.855. The van der Waals surface area contributed by atoms with E-state index in [1.807, 2.05) is 0 Å². The third kappa shape index (κ3) is 6.63. The fourth-order valence-corrected chi connectivity index (χ4v) is 0.823. The lowest BCUT2D eigenvalue weighted by Gasteiger charge is -2.35. The van der Waals surface area contributed by atoms with Crippen molar-refractivity contribution in [3.05, 3.63) is 0 Å². The van der Waals surface area contributed by atoms with Crippen LogP contribution in [0.4, 0.5) is 52.7 Å². The fourth-order valence-electron chi connectivity index (χ4n) is 0.823. The molecule has 0 aromatic heterocycles. The second-order valence-electron chi connectivity index (χ2n) is 3.29. The molecule has 2 nitrogen and oxygen atoms in total. The van der Waals surface area contributed by atoms with Crippen LogP contribution in [-0.4, -0.2) is 44.6 Å². The number of hydrogen-bond donors (Lipinski definition) is 0. The molecule has 0 spiro atoms. The summed E-state index contributed by atoms with van der Waals surface area (Å²) in [5.41, 5.74) is 0. The van der Waals surface area contributed by atoms with Gasteiger partial charge in [-0.05, 0) is 7.69 Å². The monoisotopic (exact) mass is 345 g/mol. The highest BCUT2D eigenvalue weighted by molar-refractivity contribution is 6.18. The van der Waals surface area contributed by atoms with Crippen LogP contribution >= 0.6 is 0 Å². The maximum Gasteiger partial charge on any atom is 0.419 e. The number of hydrogen-bond acceptors (Lipinski definition) is 2. The van der Waals surface area contributed by atoms with Crippen LogP contribution in [-0.2, 0) is 9.31 Å². The molecule has 0 aromatic carbocycles.